The van der Waals surface area contributed by atoms with Crippen LogP contribution in [0.5, 0.6) is 5.75 Å². The van der Waals surface area contributed by atoms with E-state index >= 15 is 0 Å². The molecule has 0 spiro atoms. The van der Waals surface area contributed by atoms with E-state index in [4.69, 9.17) is 4.74 Å². The van der Waals surface area contributed by atoms with Crippen LogP contribution < -0.4 is 15.4 Å². The van der Waals surface area contributed by atoms with Gasteiger partial charge in [-0.25, -0.2) is 13.2 Å². The summed E-state index contributed by atoms with van der Waals surface area (Å²) in [7, 11) is 3.01. The van der Waals surface area contributed by atoms with Crippen molar-refractivity contribution in [3.63, 3.8) is 0 Å². The highest BCUT2D eigenvalue weighted by atomic mass is 19.1. The van der Waals surface area contributed by atoms with Crippen LogP contribution in [0, 0.1) is 17.5 Å². The number of nitrogens with zero attached hydrogens (tertiary/aromatic N) is 1. The first-order chi connectivity index (χ1) is 12.4. The van der Waals surface area contributed by atoms with Gasteiger partial charge in [0.2, 0.25) is 0 Å². The van der Waals surface area contributed by atoms with Gasteiger partial charge < -0.3 is 15.4 Å². The monoisotopic (exact) mass is 365 g/mol. The summed E-state index contributed by atoms with van der Waals surface area (Å²) in [5.74, 6) is -0.702. The Morgan fingerprint density at radius 3 is 2.54 bits per heavy atom. The molecule has 0 aliphatic rings. The van der Waals surface area contributed by atoms with Gasteiger partial charge in [0, 0.05) is 13.6 Å². The average molecular weight is 365 g/mol. The lowest BCUT2D eigenvalue weighted by molar-refractivity contribution is 0.386. The Kier molecular flexibility index (Phi) is 6.89. The van der Waals surface area contributed by atoms with E-state index in [1.807, 2.05) is 6.92 Å². The summed E-state index contributed by atoms with van der Waals surface area (Å²) >= 11 is 0. The number of nitrogens with one attached hydrogen (secondary N) is 2. The summed E-state index contributed by atoms with van der Waals surface area (Å²) in [6, 6.07) is 7.87. The molecule has 0 radical (unpaired) electrons. The second kappa shape index (κ2) is 9.12. The first kappa shape index (κ1) is 19.6. The maximum atomic E-state index is 13.8. The number of halogens is 3. The van der Waals surface area contributed by atoms with E-state index in [-0.39, 0.29) is 11.8 Å². The van der Waals surface area contributed by atoms with E-state index in [2.05, 4.69) is 15.6 Å². The fraction of sp³-hybridized carbons (Fsp3) is 0.316. The van der Waals surface area contributed by atoms with Crippen molar-refractivity contribution in [1.82, 2.24) is 10.6 Å². The van der Waals surface area contributed by atoms with Crippen molar-refractivity contribution in [2.24, 2.45) is 4.99 Å². The third-order valence-electron chi connectivity index (χ3n) is 3.95. The van der Waals surface area contributed by atoms with Crippen LogP contribution in [0.25, 0.3) is 0 Å². The van der Waals surface area contributed by atoms with Gasteiger partial charge in [-0.15, -0.1) is 0 Å². The second-order valence-electron chi connectivity index (χ2n) is 5.74. The third-order valence-corrected chi connectivity index (χ3v) is 3.95. The third kappa shape index (κ3) is 5.15. The number of aliphatic imine (C=N–C) groups is 1. The van der Waals surface area contributed by atoms with Crippen molar-refractivity contribution in [3.8, 4) is 5.75 Å². The molecule has 7 heteroatoms. The van der Waals surface area contributed by atoms with Crippen molar-refractivity contribution in [2.75, 3.05) is 20.7 Å². The van der Waals surface area contributed by atoms with Crippen molar-refractivity contribution >= 4 is 5.96 Å². The molecule has 0 bridgehead atoms. The zero-order chi connectivity index (χ0) is 19.1. The fourth-order valence-corrected chi connectivity index (χ4v) is 2.49. The van der Waals surface area contributed by atoms with Crippen LogP contribution in [0.1, 0.15) is 24.1 Å². The molecule has 2 rings (SSSR count). The molecular formula is C19H22F3N3O. The molecular weight excluding hydrogens is 343 g/mol. The average Bonchev–Trinajstić information content (AvgIpc) is 2.63. The van der Waals surface area contributed by atoms with Gasteiger partial charge in [0.05, 0.1) is 13.2 Å². The predicted octanol–water partition coefficient (Wildman–Crippen LogP) is 3.58. The van der Waals surface area contributed by atoms with Crippen LogP contribution in [-0.4, -0.2) is 26.7 Å². The Morgan fingerprint density at radius 2 is 1.88 bits per heavy atom. The molecule has 4 nitrogen and oxygen atoms in total. The largest absolute Gasteiger partial charge is 0.494 e. The summed E-state index contributed by atoms with van der Waals surface area (Å²) in [6.07, 6.45) is 0.301. The van der Waals surface area contributed by atoms with Gasteiger partial charge in [0.15, 0.2) is 17.5 Å². The molecule has 0 amide bonds. The quantitative estimate of drug-likeness (QED) is 0.608. The lowest BCUT2D eigenvalue weighted by Crippen LogP contribution is -2.39. The Bertz CT molecular complexity index is 781. The second-order valence-corrected chi connectivity index (χ2v) is 5.74. The van der Waals surface area contributed by atoms with Crippen molar-refractivity contribution in [2.45, 2.75) is 19.4 Å². The normalized spacial score (nSPS) is 12.6. The Balaban J connectivity index is 1.92. The van der Waals surface area contributed by atoms with Crippen LogP contribution in [0.4, 0.5) is 13.2 Å². The standard InChI is InChI=1S/C19H22F3N3O/c1-12(13-4-7-18(26-3)17(22)11-13)25-19(23-2)24-9-8-14-10-15(20)5-6-16(14)21/h4-7,10-12H,8-9H2,1-3H3,(H2,23,24,25). The van der Waals surface area contributed by atoms with Gasteiger partial charge in [0.1, 0.15) is 11.6 Å². The minimum Gasteiger partial charge on any atom is -0.494 e. The summed E-state index contributed by atoms with van der Waals surface area (Å²) in [4.78, 5) is 4.09. The SMILES string of the molecule is CN=C(NCCc1cc(F)ccc1F)NC(C)c1ccc(OC)c(F)c1. The van der Waals surface area contributed by atoms with Gasteiger partial charge in [-0.2, -0.15) is 0 Å². The Labute approximate surface area is 151 Å². The van der Waals surface area contributed by atoms with Crippen molar-refractivity contribution < 1.29 is 17.9 Å². The van der Waals surface area contributed by atoms with Crippen LogP contribution in [0.3, 0.4) is 0 Å². The van der Waals surface area contributed by atoms with E-state index < -0.39 is 17.5 Å². The Hall–Kier alpha value is -2.70. The zero-order valence-corrected chi connectivity index (χ0v) is 14.9. The molecule has 1 atom stereocenters. The summed E-state index contributed by atoms with van der Waals surface area (Å²) in [5.41, 5.74) is 1.01. The van der Waals surface area contributed by atoms with Crippen LogP contribution in [0.15, 0.2) is 41.4 Å². The summed E-state index contributed by atoms with van der Waals surface area (Å²) in [6.45, 7) is 2.23. The topological polar surface area (TPSA) is 45.7 Å². The minimum absolute atomic E-state index is 0.181. The highest BCUT2D eigenvalue weighted by Crippen LogP contribution is 2.21. The van der Waals surface area contributed by atoms with Gasteiger partial charge in [-0.3, -0.25) is 4.99 Å². The molecule has 2 aromatic carbocycles. The lowest BCUT2D eigenvalue weighted by atomic mass is 10.1. The fourth-order valence-electron chi connectivity index (χ4n) is 2.49. The molecule has 0 saturated heterocycles. The van der Waals surface area contributed by atoms with Gasteiger partial charge in [-0.1, -0.05) is 6.07 Å². The number of hydrogen-bond donors (Lipinski definition) is 2. The first-order valence-electron chi connectivity index (χ1n) is 8.19. The number of ether oxygens (including phenoxy) is 1. The maximum Gasteiger partial charge on any atom is 0.191 e. The van der Waals surface area contributed by atoms with E-state index in [1.165, 1.54) is 19.2 Å². The van der Waals surface area contributed by atoms with Crippen LogP contribution in [0.2, 0.25) is 0 Å². The molecule has 0 fully saturated rings. The summed E-state index contributed by atoms with van der Waals surface area (Å²) in [5, 5.41) is 6.16. The predicted molar refractivity (Wildman–Crippen MR) is 95.9 cm³/mol. The number of hydrogen-bond acceptors (Lipinski definition) is 2. The number of benzene rings is 2. The van der Waals surface area contributed by atoms with E-state index in [0.29, 0.717) is 24.5 Å². The molecule has 0 heterocycles. The van der Waals surface area contributed by atoms with Crippen LogP contribution >= 0.6 is 0 Å². The molecule has 2 aromatic rings. The van der Waals surface area contributed by atoms with Crippen molar-refractivity contribution in [1.29, 1.82) is 0 Å². The van der Waals surface area contributed by atoms with Gasteiger partial charge in [0.25, 0.3) is 0 Å². The summed E-state index contributed by atoms with van der Waals surface area (Å²) < 4.78 is 45.5. The highest BCUT2D eigenvalue weighted by Gasteiger charge is 2.11. The molecule has 0 aromatic heterocycles. The number of methoxy groups -OCH3 is 1. The van der Waals surface area contributed by atoms with E-state index in [1.54, 1.807) is 19.2 Å². The van der Waals surface area contributed by atoms with Gasteiger partial charge in [-0.05, 0) is 54.8 Å². The molecule has 26 heavy (non-hydrogen) atoms. The van der Waals surface area contributed by atoms with Crippen LogP contribution in [-0.2, 0) is 6.42 Å². The molecule has 140 valence electrons. The molecule has 0 saturated carbocycles. The minimum atomic E-state index is -0.473. The van der Waals surface area contributed by atoms with E-state index in [9.17, 15) is 13.2 Å². The lowest BCUT2D eigenvalue weighted by Gasteiger charge is -2.19. The van der Waals surface area contributed by atoms with Crippen molar-refractivity contribution in [3.05, 3.63) is 65.0 Å². The molecule has 0 aliphatic heterocycles. The van der Waals surface area contributed by atoms with Gasteiger partial charge >= 0.3 is 0 Å². The first-order valence-corrected chi connectivity index (χ1v) is 8.19. The Morgan fingerprint density at radius 1 is 1.12 bits per heavy atom. The smallest absolute Gasteiger partial charge is 0.191 e. The molecule has 1 unspecified atom stereocenters. The maximum absolute atomic E-state index is 13.8. The zero-order valence-electron chi connectivity index (χ0n) is 14.9. The highest BCUT2D eigenvalue weighted by molar-refractivity contribution is 5.80. The number of rotatable bonds is 6. The molecule has 2 N–H and O–H groups in total. The van der Waals surface area contributed by atoms with E-state index in [0.717, 1.165) is 17.7 Å². The molecule has 0 aliphatic carbocycles. The number of guanidine groups is 1.